The molecular formula is C13H25N3O4S. The van der Waals surface area contributed by atoms with Gasteiger partial charge >= 0.3 is 5.97 Å². The number of carbonyl (C=O) groups is 3. The minimum atomic E-state index is -1.10. The quantitative estimate of drug-likeness (QED) is 0.395. The number of hydrogen-bond donors (Lipinski definition) is 5. The maximum absolute atomic E-state index is 12.2. The Morgan fingerprint density at radius 1 is 1.19 bits per heavy atom. The predicted molar refractivity (Wildman–Crippen MR) is 83.1 cm³/mol. The van der Waals surface area contributed by atoms with Gasteiger partial charge in [-0.1, -0.05) is 13.8 Å². The first kappa shape index (κ1) is 19.7. The summed E-state index contributed by atoms with van der Waals surface area (Å²) in [7, 11) is 0. The molecule has 5 N–H and O–H groups in total. The molecule has 0 spiro atoms. The SMILES string of the molecule is CC(C)NC(=O)C(CN)NC(=O)C(CC(=O)O)C(C)(C)S. The minimum absolute atomic E-state index is 0.0723. The van der Waals surface area contributed by atoms with Crippen molar-refractivity contribution >= 4 is 30.4 Å². The summed E-state index contributed by atoms with van der Waals surface area (Å²) >= 11 is 4.27. The fourth-order valence-electron chi connectivity index (χ4n) is 1.73. The van der Waals surface area contributed by atoms with Gasteiger partial charge in [0.15, 0.2) is 0 Å². The van der Waals surface area contributed by atoms with Crippen LogP contribution in [0.4, 0.5) is 0 Å². The van der Waals surface area contributed by atoms with E-state index < -0.39 is 34.5 Å². The molecule has 2 atom stereocenters. The highest BCUT2D eigenvalue weighted by Crippen LogP contribution is 2.27. The van der Waals surface area contributed by atoms with Gasteiger partial charge in [0.1, 0.15) is 6.04 Å². The molecule has 2 amide bonds. The van der Waals surface area contributed by atoms with Crippen molar-refractivity contribution in [2.24, 2.45) is 11.7 Å². The van der Waals surface area contributed by atoms with Crippen LogP contribution < -0.4 is 16.4 Å². The molecule has 0 rings (SSSR count). The Morgan fingerprint density at radius 3 is 2.05 bits per heavy atom. The number of carboxylic acids is 1. The Morgan fingerprint density at radius 2 is 1.71 bits per heavy atom. The lowest BCUT2D eigenvalue weighted by molar-refractivity contribution is -0.142. The number of carbonyl (C=O) groups excluding carboxylic acids is 2. The van der Waals surface area contributed by atoms with E-state index in [1.165, 1.54) is 0 Å². The fourth-order valence-corrected chi connectivity index (χ4v) is 1.94. The summed E-state index contributed by atoms with van der Waals surface area (Å²) in [6.07, 6.45) is -0.370. The molecule has 0 radical (unpaired) electrons. The van der Waals surface area contributed by atoms with Gasteiger partial charge in [-0.15, -0.1) is 0 Å². The van der Waals surface area contributed by atoms with Crippen LogP contribution in [0.2, 0.25) is 0 Å². The van der Waals surface area contributed by atoms with Crippen molar-refractivity contribution in [3.63, 3.8) is 0 Å². The lowest BCUT2D eigenvalue weighted by Gasteiger charge is -2.29. The third-order valence-corrected chi connectivity index (χ3v) is 3.16. The number of rotatable bonds is 8. The largest absolute Gasteiger partial charge is 0.481 e. The molecule has 0 saturated carbocycles. The zero-order chi connectivity index (χ0) is 16.8. The van der Waals surface area contributed by atoms with Gasteiger partial charge in [0.05, 0.1) is 12.3 Å². The summed E-state index contributed by atoms with van der Waals surface area (Å²) in [6, 6.07) is -0.980. The third kappa shape index (κ3) is 7.33. The van der Waals surface area contributed by atoms with Crippen LogP contribution in [-0.2, 0) is 14.4 Å². The zero-order valence-corrected chi connectivity index (χ0v) is 13.7. The van der Waals surface area contributed by atoms with Gasteiger partial charge in [-0.2, -0.15) is 12.6 Å². The van der Waals surface area contributed by atoms with Gasteiger partial charge in [0.25, 0.3) is 0 Å². The molecule has 0 heterocycles. The summed E-state index contributed by atoms with van der Waals surface area (Å²) in [5.74, 6) is -2.92. The second kappa shape index (κ2) is 8.23. The van der Waals surface area contributed by atoms with E-state index in [4.69, 9.17) is 10.8 Å². The smallest absolute Gasteiger partial charge is 0.304 e. The second-order valence-electron chi connectivity index (χ2n) is 5.76. The normalized spacial score (nSPS) is 14.4. The fraction of sp³-hybridized carbons (Fsp3) is 0.769. The average molecular weight is 319 g/mol. The lowest BCUT2D eigenvalue weighted by atomic mass is 9.90. The van der Waals surface area contributed by atoms with Crippen LogP contribution in [0.3, 0.4) is 0 Å². The van der Waals surface area contributed by atoms with Crippen molar-refractivity contribution in [1.82, 2.24) is 10.6 Å². The molecule has 0 aliphatic rings. The van der Waals surface area contributed by atoms with Crippen LogP contribution in [0.25, 0.3) is 0 Å². The number of nitrogens with two attached hydrogens (primary N) is 1. The first-order valence-corrected chi connectivity index (χ1v) is 7.18. The van der Waals surface area contributed by atoms with Crippen molar-refractivity contribution in [1.29, 1.82) is 0 Å². The molecule has 0 saturated heterocycles. The second-order valence-corrected chi connectivity index (χ2v) is 6.92. The Bertz CT molecular complexity index is 393. The van der Waals surface area contributed by atoms with Crippen molar-refractivity contribution in [3.8, 4) is 0 Å². The monoisotopic (exact) mass is 319 g/mol. The van der Waals surface area contributed by atoms with Crippen LogP contribution >= 0.6 is 12.6 Å². The van der Waals surface area contributed by atoms with E-state index in [0.29, 0.717) is 0 Å². The van der Waals surface area contributed by atoms with Crippen LogP contribution in [0.15, 0.2) is 0 Å². The van der Waals surface area contributed by atoms with Crippen LogP contribution in [0, 0.1) is 5.92 Å². The summed E-state index contributed by atoms with van der Waals surface area (Å²) < 4.78 is -0.837. The Kier molecular flexibility index (Phi) is 7.73. The van der Waals surface area contributed by atoms with E-state index in [2.05, 4.69) is 23.3 Å². The number of amides is 2. The highest BCUT2D eigenvalue weighted by molar-refractivity contribution is 7.81. The highest BCUT2D eigenvalue weighted by Gasteiger charge is 2.35. The van der Waals surface area contributed by atoms with E-state index in [1.54, 1.807) is 27.7 Å². The predicted octanol–water partition coefficient (Wildman–Crippen LogP) is -0.246. The molecule has 0 bridgehead atoms. The molecule has 0 aromatic rings. The van der Waals surface area contributed by atoms with Gasteiger partial charge < -0.3 is 21.5 Å². The Balaban J connectivity index is 4.94. The van der Waals surface area contributed by atoms with Crippen LogP contribution in [0.5, 0.6) is 0 Å². The number of aliphatic carboxylic acids is 1. The standard InChI is InChI=1S/C13H25N3O4S/c1-7(2)15-12(20)9(6-14)16-11(19)8(5-10(17)18)13(3,4)21/h7-9,21H,5-6,14H2,1-4H3,(H,15,20)(H,16,19)(H,17,18). The van der Waals surface area contributed by atoms with Crippen LogP contribution in [0.1, 0.15) is 34.1 Å². The number of hydrogen-bond acceptors (Lipinski definition) is 5. The zero-order valence-electron chi connectivity index (χ0n) is 12.8. The van der Waals surface area contributed by atoms with Gasteiger partial charge in [0.2, 0.25) is 11.8 Å². The maximum Gasteiger partial charge on any atom is 0.304 e. The Labute approximate surface area is 130 Å². The molecule has 0 aliphatic carbocycles. The summed E-state index contributed by atoms with van der Waals surface area (Å²) in [5, 5.41) is 14.0. The topological polar surface area (TPSA) is 122 Å². The lowest BCUT2D eigenvalue weighted by Crippen LogP contribution is -2.55. The molecular weight excluding hydrogens is 294 g/mol. The van der Waals surface area contributed by atoms with E-state index in [0.717, 1.165) is 0 Å². The number of carboxylic acid groups (broad SMARTS) is 1. The summed E-state index contributed by atoms with van der Waals surface area (Å²) in [6.45, 7) is 6.80. The summed E-state index contributed by atoms with van der Waals surface area (Å²) in [5.41, 5.74) is 5.50. The van der Waals surface area contributed by atoms with E-state index in [9.17, 15) is 14.4 Å². The molecule has 0 aromatic heterocycles. The van der Waals surface area contributed by atoms with E-state index >= 15 is 0 Å². The molecule has 122 valence electrons. The number of thiol groups is 1. The molecule has 0 aromatic carbocycles. The van der Waals surface area contributed by atoms with E-state index in [1.807, 2.05) is 0 Å². The van der Waals surface area contributed by atoms with Crippen molar-refractivity contribution in [2.45, 2.75) is 50.9 Å². The molecule has 0 fully saturated rings. The van der Waals surface area contributed by atoms with E-state index in [-0.39, 0.29) is 19.0 Å². The first-order chi connectivity index (χ1) is 9.48. The van der Waals surface area contributed by atoms with Gasteiger partial charge in [0, 0.05) is 17.3 Å². The van der Waals surface area contributed by atoms with Gasteiger partial charge in [-0.3, -0.25) is 14.4 Å². The number of nitrogens with one attached hydrogen (secondary N) is 2. The maximum atomic E-state index is 12.2. The van der Waals surface area contributed by atoms with Crippen LogP contribution in [-0.4, -0.2) is 46.3 Å². The van der Waals surface area contributed by atoms with Crippen molar-refractivity contribution in [2.75, 3.05) is 6.54 Å². The highest BCUT2D eigenvalue weighted by atomic mass is 32.1. The molecule has 21 heavy (non-hydrogen) atoms. The molecule has 2 unspecified atom stereocenters. The van der Waals surface area contributed by atoms with Gasteiger partial charge in [-0.05, 0) is 13.8 Å². The molecule has 0 aliphatic heterocycles. The third-order valence-electron chi connectivity index (χ3n) is 2.85. The minimum Gasteiger partial charge on any atom is -0.481 e. The van der Waals surface area contributed by atoms with Gasteiger partial charge in [-0.25, -0.2) is 0 Å². The molecule has 8 heteroatoms. The first-order valence-electron chi connectivity index (χ1n) is 6.74. The van der Waals surface area contributed by atoms with Crippen molar-refractivity contribution in [3.05, 3.63) is 0 Å². The summed E-state index contributed by atoms with van der Waals surface area (Å²) in [4.78, 5) is 35.0. The molecule has 7 nitrogen and oxygen atoms in total. The Hall–Kier alpha value is -1.28. The van der Waals surface area contributed by atoms with Crippen molar-refractivity contribution < 1.29 is 19.5 Å². The average Bonchev–Trinajstić information content (AvgIpc) is 2.30.